The molecule has 1 unspecified atom stereocenters. The number of phenols is 1. The zero-order chi connectivity index (χ0) is 22.4. The smallest absolute Gasteiger partial charge is 0.343 e. The zero-order valence-corrected chi connectivity index (χ0v) is 18.0. The molecule has 8 nitrogen and oxygen atoms in total. The van der Waals surface area contributed by atoms with Crippen LogP contribution in [0.3, 0.4) is 0 Å². The second-order valence-corrected chi connectivity index (χ2v) is 8.20. The summed E-state index contributed by atoms with van der Waals surface area (Å²) < 4.78 is 1.84. The van der Waals surface area contributed by atoms with Crippen LogP contribution in [0.15, 0.2) is 36.5 Å². The van der Waals surface area contributed by atoms with E-state index in [1.807, 2.05) is 24.6 Å². The lowest BCUT2D eigenvalue weighted by molar-refractivity contribution is -0.121. The van der Waals surface area contributed by atoms with Gasteiger partial charge >= 0.3 is 6.03 Å². The Morgan fingerprint density at radius 2 is 1.84 bits per heavy atom. The Labute approximate surface area is 187 Å². The van der Waals surface area contributed by atoms with E-state index in [1.165, 1.54) is 12.1 Å². The number of urea groups is 1. The normalized spacial score (nSPS) is 16.6. The van der Waals surface area contributed by atoms with E-state index in [1.54, 1.807) is 24.3 Å². The van der Waals surface area contributed by atoms with Crippen molar-refractivity contribution in [3.8, 4) is 17.5 Å². The van der Waals surface area contributed by atoms with Gasteiger partial charge in [-0.15, -0.1) is 0 Å². The molecule has 2 aromatic carbocycles. The molecule has 0 saturated carbocycles. The molecule has 3 amide bonds. The number of aromatic hydroxyl groups is 1. The second kappa shape index (κ2) is 7.78. The Kier molecular flexibility index (Phi) is 5.27. The van der Waals surface area contributed by atoms with Gasteiger partial charge in [0.05, 0.1) is 33.0 Å². The number of carbonyl (C=O) groups excluding carboxylic acids is 2. The highest BCUT2D eigenvalue weighted by Crippen LogP contribution is 2.39. The van der Waals surface area contributed by atoms with Crippen LogP contribution < -0.4 is 15.8 Å². The van der Waals surface area contributed by atoms with Gasteiger partial charge in [-0.2, -0.15) is 10.7 Å². The molecule has 4 rings (SSSR count). The molecule has 0 bridgehead atoms. The van der Waals surface area contributed by atoms with E-state index < -0.39 is 18.0 Å². The van der Waals surface area contributed by atoms with Crippen molar-refractivity contribution in [2.75, 3.05) is 5.01 Å². The highest BCUT2D eigenvalue weighted by atomic mass is 35.5. The predicted octanol–water partition coefficient (Wildman–Crippen LogP) is 4.22. The summed E-state index contributed by atoms with van der Waals surface area (Å²) in [6.07, 6.45) is 1.91. The SMILES string of the molecule is CC(C)c1cn(-c2c(Cl)cc(N3NC(C#N)C(=O)NC3=O)cc2Cl)c2ccc(O)cc12. The predicted molar refractivity (Wildman–Crippen MR) is 118 cm³/mol. The maximum absolute atomic E-state index is 12.2. The maximum Gasteiger partial charge on any atom is 0.343 e. The number of anilines is 1. The number of hydrogen-bond donors (Lipinski definition) is 3. The lowest BCUT2D eigenvalue weighted by Crippen LogP contribution is -2.64. The second-order valence-electron chi connectivity index (χ2n) is 7.39. The number of nitrogens with one attached hydrogen (secondary N) is 2. The summed E-state index contributed by atoms with van der Waals surface area (Å²) in [5.41, 5.74) is 5.13. The summed E-state index contributed by atoms with van der Waals surface area (Å²) in [6, 6.07) is 7.87. The van der Waals surface area contributed by atoms with Crippen molar-refractivity contribution in [2.45, 2.75) is 25.8 Å². The Morgan fingerprint density at radius 1 is 1.16 bits per heavy atom. The summed E-state index contributed by atoms with van der Waals surface area (Å²) in [7, 11) is 0. The molecule has 1 aliphatic rings. The highest BCUT2D eigenvalue weighted by molar-refractivity contribution is 6.38. The van der Waals surface area contributed by atoms with E-state index >= 15 is 0 Å². The lowest BCUT2D eigenvalue weighted by Gasteiger charge is -2.30. The van der Waals surface area contributed by atoms with Gasteiger partial charge in [-0.1, -0.05) is 37.0 Å². The Morgan fingerprint density at radius 3 is 2.45 bits per heavy atom. The first-order valence-electron chi connectivity index (χ1n) is 9.35. The van der Waals surface area contributed by atoms with Crippen LogP contribution in [0.5, 0.6) is 5.75 Å². The Balaban J connectivity index is 1.83. The number of carbonyl (C=O) groups is 2. The molecule has 0 spiro atoms. The number of nitriles is 1. The van der Waals surface area contributed by atoms with Crippen molar-refractivity contribution in [3.05, 3.63) is 52.1 Å². The number of hydrazine groups is 1. The minimum Gasteiger partial charge on any atom is -0.508 e. The number of aromatic nitrogens is 1. The van der Waals surface area contributed by atoms with Crippen LogP contribution in [-0.4, -0.2) is 27.7 Å². The molecule has 0 radical (unpaired) electrons. The Hall–Kier alpha value is -3.25. The zero-order valence-electron chi connectivity index (χ0n) is 16.5. The van der Waals surface area contributed by atoms with Gasteiger partial charge in [0.1, 0.15) is 5.75 Å². The fraction of sp³-hybridized carbons (Fsp3) is 0.190. The molecule has 1 atom stereocenters. The summed E-state index contributed by atoms with van der Waals surface area (Å²) in [6.45, 7) is 4.09. The van der Waals surface area contributed by atoms with Crippen molar-refractivity contribution in [1.29, 1.82) is 5.26 Å². The first kappa shape index (κ1) is 21.0. The van der Waals surface area contributed by atoms with Gasteiger partial charge in [-0.25, -0.2) is 9.80 Å². The molecule has 10 heteroatoms. The fourth-order valence-corrected chi connectivity index (χ4v) is 4.22. The van der Waals surface area contributed by atoms with Crippen LogP contribution in [0.1, 0.15) is 25.3 Å². The third-order valence-electron chi connectivity index (χ3n) is 5.02. The maximum atomic E-state index is 12.2. The number of nitrogens with zero attached hydrogens (tertiary/aromatic N) is 3. The number of fused-ring (bicyclic) bond motifs is 1. The van der Waals surface area contributed by atoms with Gasteiger partial charge in [0.2, 0.25) is 0 Å². The largest absolute Gasteiger partial charge is 0.508 e. The van der Waals surface area contributed by atoms with Gasteiger partial charge in [-0.05, 0) is 41.8 Å². The van der Waals surface area contributed by atoms with Crippen molar-refractivity contribution in [1.82, 2.24) is 15.3 Å². The summed E-state index contributed by atoms with van der Waals surface area (Å²) in [4.78, 5) is 23.9. The molecule has 2 heterocycles. The van der Waals surface area contributed by atoms with Crippen molar-refractivity contribution in [3.63, 3.8) is 0 Å². The van der Waals surface area contributed by atoms with E-state index in [0.29, 0.717) is 5.69 Å². The molecule has 3 N–H and O–H groups in total. The quantitative estimate of drug-likeness (QED) is 0.545. The van der Waals surface area contributed by atoms with E-state index in [0.717, 1.165) is 21.5 Å². The molecule has 3 aromatic rings. The van der Waals surface area contributed by atoms with Crippen LogP contribution in [-0.2, 0) is 4.79 Å². The van der Waals surface area contributed by atoms with Crippen molar-refractivity contribution in [2.24, 2.45) is 0 Å². The monoisotopic (exact) mass is 457 g/mol. The molecular formula is C21H17Cl2N5O3. The van der Waals surface area contributed by atoms with Gasteiger partial charge in [0.25, 0.3) is 5.91 Å². The third-order valence-corrected chi connectivity index (χ3v) is 5.60. The van der Waals surface area contributed by atoms with Gasteiger partial charge < -0.3 is 9.67 Å². The number of halogens is 2. The number of benzene rings is 2. The van der Waals surface area contributed by atoms with Crippen molar-refractivity contribution >= 4 is 51.7 Å². The molecular weight excluding hydrogens is 441 g/mol. The average molecular weight is 458 g/mol. The first-order chi connectivity index (χ1) is 14.7. The molecule has 1 aliphatic heterocycles. The molecule has 1 saturated heterocycles. The van der Waals surface area contributed by atoms with Crippen LogP contribution in [0, 0.1) is 11.3 Å². The van der Waals surface area contributed by atoms with Gasteiger partial charge in [0.15, 0.2) is 6.04 Å². The van der Waals surface area contributed by atoms with Gasteiger partial charge in [-0.3, -0.25) is 10.1 Å². The highest BCUT2D eigenvalue weighted by Gasteiger charge is 2.33. The topological polar surface area (TPSA) is 110 Å². The summed E-state index contributed by atoms with van der Waals surface area (Å²) in [5.74, 6) is -0.395. The van der Waals surface area contributed by atoms with E-state index in [9.17, 15) is 14.7 Å². The molecule has 31 heavy (non-hydrogen) atoms. The number of phenolic OH excluding ortho intramolecular Hbond substituents is 1. The average Bonchev–Trinajstić information content (AvgIpc) is 3.06. The minimum atomic E-state index is -1.23. The number of amides is 3. The van der Waals surface area contributed by atoms with E-state index in [2.05, 4.69) is 10.7 Å². The fourth-order valence-electron chi connectivity index (χ4n) is 3.56. The summed E-state index contributed by atoms with van der Waals surface area (Å²) >= 11 is 13.2. The third kappa shape index (κ3) is 3.57. The van der Waals surface area contributed by atoms with Crippen LogP contribution in [0.25, 0.3) is 16.6 Å². The number of imide groups is 1. The number of hydrogen-bond acceptors (Lipinski definition) is 5. The molecule has 1 aromatic heterocycles. The van der Waals surface area contributed by atoms with Crippen LogP contribution in [0.2, 0.25) is 10.0 Å². The van der Waals surface area contributed by atoms with E-state index in [-0.39, 0.29) is 27.4 Å². The molecule has 158 valence electrons. The van der Waals surface area contributed by atoms with Gasteiger partial charge in [0, 0.05) is 11.6 Å². The van der Waals surface area contributed by atoms with Crippen molar-refractivity contribution < 1.29 is 14.7 Å². The molecule has 0 aliphatic carbocycles. The van der Waals surface area contributed by atoms with E-state index in [4.69, 9.17) is 28.5 Å². The standard InChI is InChI=1S/C21H17Cl2N5O3/c1-10(2)14-9-27(18-4-3-12(29)7-13(14)18)19-15(22)5-11(6-16(19)23)28-21(31)25-20(30)17(8-24)26-28/h3-7,9-10,17,26,29H,1-2H3,(H,25,30,31). The minimum absolute atomic E-state index is 0.156. The summed E-state index contributed by atoms with van der Waals surface area (Å²) in [5, 5.41) is 23.5. The first-order valence-corrected chi connectivity index (χ1v) is 10.1. The molecule has 1 fully saturated rings. The Bertz CT molecular complexity index is 1250. The van der Waals surface area contributed by atoms with Crippen LogP contribution in [0.4, 0.5) is 10.5 Å². The van der Waals surface area contributed by atoms with Crippen LogP contribution >= 0.6 is 23.2 Å². The lowest BCUT2D eigenvalue weighted by atomic mass is 10.0. The number of rotatable bonds is 3.